The first-order valence-corrected chi connectivity index (χ1v) is 3.57. The molecule has 1 saturated heterocycles. The van der Waals surface area contributed by atoms with Crippen molar-refractivity contribution in [2.24, 2.45) is 0 Å². The number of ether oxygens (including phenoxy) is 2. The van der Waals surface area contributed by atoms with Gasteiger partial charge in [-0.3, -0.25) is 0 Å². The van der Waals surface area contributed by atoms with E-state index in [9.17, 15) is 0 Å². The molecule has 1 fully saturated rings. The van der Waals surface area contributed by atoms with Gasteiger partial charge in [-0.15, -0.1) is 0 Å². The van der Waals surface area contributed by atoms with Crippen molar-refractivity contribution >= 4 is 0 Å². The van der Waals surface area contributed by atoms with Crippen molar-refractivity contribution in [3.63, 3.8) is 0 Å². The number of quaternary nitrogens is 1. The Balaban J connectivity index is 2.39. The van der Waals surface area contributed by atoms with Crippen LogP contribution in [0, 0.1) is 0 Å². The molecule has 0 bridgehead atoms. The molecule has 3 nitrogen and oxygen atoms in total. The van der Waals surface area contributed by atoms with E-state index in [-0.39, 0.29) is 0 Å². The summed E-state index contributed by atoms with van der Waals surface area (Å²) in [5.41, 5.74) is 0. The largest absolute Gasteiger partial charge is 0.349 e. The molecule has 0 aromatic rings. The molecule has 1 rings (SSSR count). The number of rotatable bonds is 1. The van der Waals surface area contributed by atoms with Gasteiger partial charge in [-0.2, -0.15) is 0 Å². The van der Waals surface area contributed by atoms with E-state index in [0.717, 1.165) is 17.7 Å². The molecule has 0 aliphatic carbocycles. The third kappa shape index (κ3) is 1.94. The van der Waals surface area contributed by atoms with Crippen LogP contribution in [-0.2, 0) is 9.47 Å². The summed E-state index contributed by atoms with van der Waals surface area (Å²) < 4.78 is 11.3. The van der Waals surface area contributed by atoms with Crippen molar-refractivity contribution in [3.8, 4) is 0 Å². The zero-order valence-corrected chi connectivity index (χ0v) is 6.96. The van der Waals surface area contributed by atoms with E-state index in [1.807, 2.05) is 0 Å². The minimum atomic E-state index is 0.469. The van der Waals surface area contributed by atoms with Gasteiger partial charge in [0.1, 0.15) is 26.0 Å². The summed E-state index contributed by atoms with van der Waals surface area (Å²) in [6, 6.07) is 0.494. The Kier molecular flexibility index (Phi) is 2.28. The first kappa shape index (κ1) is 7.98. The molecule has 1 aliphatic heterocycles. The van der Waals surface area contributed by atoms with Gasteiger partial charge in [0.25, 0.3) is 0 Å². The molecule has 3 heteroatoms. The van der Waals surface area contributed by atoms with Gasteiger partial charge in [-0.25, -0.2) is 0 Å². The van der Waals surface area contributed by atoms with E-state index in [1.165, 1.54) is 0 Å². The third-order valence-electron chi connectivity index (χ3n) is 1.88. The van der Waals surface area contributed by atoms with Gasteiger partial charge in [-0.1, -0.05) is 0 Å². The first-order chi connectivity index (χ1) is 4.61. The highest BCUT2D eigenvalue weighted by molar-refractivity contribution is 4.56. The molecule has 0 aromatic carbocycles. The van der Waals surface area contributed by atoms with Crippen molar-refractivity contribution in [1.82, 2.24) is 0 Å². The molecular weight excluding hydrogens is 130 g/mol. The molecule has 1 heterocycles. The summed E-state index contributed by atoms with van der Waals surface area (Å²) in [4.78, 5) is 0. The monoisotopic (exact) mass is 146 g/mol. The molecule has 1 aliphatic rings. The Morgan fingerprint density at radius 2 is 1.60 bits per heavy atom. The summed E-state index contributed by atoms with van der Waals surface area (Å²) in [7, 11) is 6.47. The van der Waals surface area contributed by atoms with Crippen molar-refractivity contribution in [1.29, 1.82) is 0 Å². The van der Waals surface area contributed by atoms with E-state index < -0.39 is 0 Å². The van der Waals surface area contributed by atoms with Gasteiger partial charge in [0.2, 0.25) is 0 Å². The van der Waals surface area contributed by atoms with Crippen LogP contribution < -0.4 is 0 Å². The second-order valence-electron chi connectivity index (χ2n) is 3.63. The Morgan fingerprint density at radius 1 is 1.10 bits per heavy atom. The first-order valence-electron chi connectivity index (χ1n) is 3.57. The maximum absolute atomic E-state index is 5.17. The SMILES string of the molecule is C[N+](C)(C)C1COCOC1. The van der Waals surface area contributed by atoms with Crippen LogP contribution in [0.3, 0.4) is 0 Å². The Morgan fingerprint density at radius 3 is 1.90 bits per heavy atom. The average Bonchev–Trinajstić information content (AvgIpc) is 1.88. The normalized spacial score (nSPS) is 23.1. The van der Waals surface area contributed by atoms with Crippen LogP contribution in [0.2, 0.25) is 0 Å². The van der Waals surface area contributed by atoms with Gasteiger partial charge < -0.3 is 14.0 Å². The second-order valence-corrected chi connectivity index (χ2v) is 3.63. The number of hydrogen-bond donors (Lipinski definition) is 0. The fourth-order valence-corrected chi connectivity index (χ4v) is 0.923. The van der Waals surface area contributed by atoms with Crippen molar-refractivity contribution in [2.75, 3.05) is 41.1 Å². The molecule has 60 valence electrons. The summed E-state index contributed by atoms with van der Waals surface area (Å²) in [5, 5.41) is 0. The molecule has 0 amide bonds. The fourth-order valence-electron chi connectivity index (χ4n) is 0.923. The van der Waals surface area contributed by atoms with E-state index in [0.29, 0.717) is 12.8 Å². The van der Waals surface area contributed by atoms with Gasteiger partial charge in [-0.05, 0) is 0 Å². The van der Waals surface area contributed by atoms with E-state index >= 15 is 0 Å². The molecule has 0 spiro atoms. The molecule has 0 unspecified atom stereocenters. The van der Waals surface area contributed by atoms with Crippen molar-refractivity contribution in [2.45, 2.75) is 6.04 Å². The van der Waals surface area contributed by atoms with E-state index in [1.54, 1.807) is 0 Å². The van der Waals surface area contributed by atoms with Crippen molar-refractivity contribution < 1.29 is 14.0 Å². The Bertz CT molecular complexity index is 103. The predicted molar refractivity (Wildman–Crippen MR) is 38.6 cm³/mol. The van der Waals surface area contributed by atoms with Gasteiger partial charge in [0.05, 0.1) is 21.1 Å². The van der Waals surface area contributed by atoms with Crippen LogP contribution in [0.1, 0.15) is 0 Å². The Hall–Kier alpha value is -0.120. The maximum Gasteiger partial charge on any atom is 0.147 e. The maximum atomic E-state index is 5.17. The van der Waals surface area contributed by atoms with Crippen LogP contribution in [0.25, 0.3) is 0 Å². The minimum Gasteiger partial charge on any atom is -0.349 e. The average molecular weight is 146 g/mol. The highest BCUT2D eigenvalue weighted by atomic mass is 16.7. The third-order valence-corrected chi connectivity index (χ3v) is 1.88. The van der Waals surface area contributed by atoms with Gasteiger partial charge in [0, 0.05) is 0 Å². The lowest BCUT2D eigenvalue weighted by Crippen LogP contribution is -2.52. The molecule has 0 aromatic heterocycles. The second kappa shape index (κ2) is 2.86. The lowest BCUT2D eigenvalue weighted by atomic mass is 10.2. The summed E-state index contributed by atoms with van der Waals surface area (Å²) in [6.07, 6.45) is 0. The molecule has 0 saturated carbocycles. The highest BCUT2D eigenvalue weighted by Crippen LogP contribution is 2.07. The Labute approximate surface area is 62.1 Å². The highest BCUT2D eigenvalue weighted by Gasteiger charge is 2.26. The standard InChI is InChI=1S/C7H16NO2/c1-8(2,3)7-4-9-6-10-5-7/h7H,4-6H2,1-3H3/q+1. The summed E-state index contributed by atoms with van der Waals surface area (Å²) in [5.74, 6) is 0. The summed E-state index contributed by atoms with van der Waals surface area (Å²) >= 11 is 0. The zero-order chi connectivity index (χ0) is 7.61. The van der Waals surface area contributed by atoms with Gasteiger partial charge in [0.15, 0.2) is 0 Å². The van der Waals surface area contributed by atoms with E-state index in [4.69, 9.17) is 9.47 Å². The van der Waals surface area contributed by atoms with Crippen LogP contribution in [0.15, 0.2) is 0 Å². The molecule has 0 atom stereocenters. The fraction of sp³-hybridized carbons (Fsp3) is 1.00. The van der Waals surface area contributed by atoms with Gasteiger partial charge >= 0.3 is 0 Å². The minimum absolute atomic E-state index is 0.469. The number of nitrogens with zero attached hydrogens (tertiary/aromatic N) is 1. The quantitative estimate of drug-likeness (QED) is 0.487. The predicted octanol–water partition coefficient (Wildman–Crippen LogP) is 0.0655. The lowest BCUT2D eigenvalue weighted by molar-refractivity contribution is -0.899. The summed E-state index contributed by atoms with van der Waals surface area (Å²) in [6.45, 7) is 2.11. The smallest absolute Gasteiger partial charge is 0.147 e. The number of likely N-dealkylation sites (N-methyl/N-ethyl adjacent to an activating group) is 1. The van der Waals surface area contributed by atoms with E-state index in [2.05, 4.69) is 21.1 Å². The van der Waals surface area contributed by atoms with Crippen LogP contribution in [-0.4, -0.2) is 51.7 Å². The van der Waals surface area contributed by atoms with Crippen LogP contribution in [0.5, 0.6) is 0 Å². The molecule has 0 N–H and O–H groups in total. The molecule has 10 heavy (non-hydrogen) atoms. The number of hydrogen-bond acceptors (Lipinski definition) is 2. The lowest BCUT2D eigenvalue weighted by Gasteiger charge is -2.35. The van der Waals surface area contributed by atoms with Crippen molar-refractivity contribution in [3.05, 3.63) is 0 Å². The molecule has 0 radical (unpaired) electrons. The zero-order valence-electron chi connectivity index (χ0n) is 6.96. The van der Waals surface area contributed by atoms with Crippen LogP contribution in [0.4, 0.5) is 0 Å². The molecular formula is C7H16NO2+. The topological polar surface area (TPSA) is 18.5 Å². The van der Waals surface area contributed by atoms with Crippen LogP contribution >= 0.6 is 0 Å².